The Morgan fingerprint density at radius 1 is 1.00 bits per heavy atom. The molecule has 2 N–H and O–H groups in total. The summed E-state index contributed by atoms with van der Waals surface area (Å²) in [5, 5.41) is 13.9. The molecule has 4 nitrogen and oxygen atoms in total. The van der Waals surface area contributed by atoms with Crippen LogP contribution < -0.4 is 5.43 Å². The molecular formula is C25H24N2O2. The van der Waals surface area contributed by atoms with Crippen molar-refractivity contribution < 1.29 is 9.90 Å². The zero-order valence-electron chi connectivity index (χ0n) is 16.6. The minimum Gasteiger partial charge on any atom is -0.507 e. The standard InChI is InChI=1S/C25H24N2O2/c1-17-7-5-10-20(13-17)25(21-11-6-8-18(2)14-21)15-22(25)24(29)27-26-16-19-9-3-4-12-23(19)28/h3-14,16,22,28H,15H2,1-2H3,(H,27,29)/b26-16-/t22-/m0/s1. The zero-order chi connectivity index (χ0) is 20.4. The summed E-state index contributed by atoms with van der Waals surface area (Å²) >= 11 is 0. The van der Waals surface area contributed by atoms with Gasteiger partial charge >= 0.3 is 0 Å². The maximum Gasteiger partial charge on any atom is 0.244 e. The van der Waals surface area contributed by atoms with Crippen molar-refractivity contribution in [2.24, 2.45) is 11.0 Å². The number of aromatic hydroxyl groups is 1. The SMILES string of the molecule is Cc1cccc(C2(c3cccc(C)c3)C[C@H]2C(=O)N/N=C\c2ccccc2O)c1. The van der Waals surface area contributed by atoms with E-state index < -0.39 is 0 Å². The van der Waals surface area contributed by atoms with E-state index in [1.54, 1.807) is 18.2 Å². The molecule has 1 aliphatic rings. The van der Waals surface area contributed by atoms with E-state index in [1.807, 2.05) is 18.2 Å². The Balaban J connectivity index is 1.60. The average molecular weight is 384 g/mol. The minimum atomic E-state index is -0.327. The highest BCUT2D eigenvalue weighted by Crippen LogP contribution is 2.59. The summed E-state index contributed by atoms with van der Waals surface area (Å²) in [5.74, 6) is -0.168. The normalized spacial score (nSPS) is 17.2. The molecule has 146 valence electrons. The van der Waals surface area contributed by atoms with Crippen LogP contribution in [0.4, 0.5) is 0 Å². The van der Waals surface area contributed by atoms with E-state index in [4.69, 9.17) is 0 Å². The van der Waals surface area contributed by atoms with Gasteiger partial charge in [0.2, 0.25) is 5.91 Å². The number of phenols is 1. The first kappa shape index (κ1) is 18.9. The molecule has 3 aromatic carbocycles. The molecule has 0 heterocycles. The van der Waals surface area contributed by atoms with Crippen LogP contribution >= 0.6 is 0 Å². The van der Waals surface area contributed by atoms with Gasteiger partial charge in [-0.15, -0.1) is 0 Å². The average Bonchev–Trinajstić information content (AvgIpc) is 3.47. The number of nitrogens with zero attached hydrogens (tertiary/aromatic N) is 1. The smallest absolute Gasteiger partial charge is 0.244 e. The number of carbonyl (C=O) groups is 1. The van der Waals surface area contributed by atoms with Crippen LogP contribution in [0.2, 0.25) is 0 Å². The third kappa shape index (κ3) is 3.66. The molecule has 0 bridgehead atoms. The van der Waals surface area contributed by atoms with Crippen molar-refractivity contribution in [3.8, 4) is 5.75 Å². The lowest BCUT2D eigenvalue weighted by Gasteiger charge is -2.19. The summed E-state index contributed by atoms with van der Waals surface area (Å²) in [5.41, 5.74) is 7.58. The summed E-state index contributed by atoms with van der Waals surface area (Å²) in [6.45, 7) is 4.14. The number of hydrazone groups is 1. The van der Waals surface area contributed by atoms with Gasteiger partial charge in [0.15, 0.2) is 0 Å². The highest BCUT2D eigenvalue weighted by atomic mass is 16.3. The Labute approximate surface area is 170 Å². The maximum atomic E-state index is 12.9. The van der Waals surface area contributed by atoms with Crippen LogP contribution in [0.1, 0.15) is 34.2 Å². The van der Waals surface area contributed by atoms with Crippen LogP contribution in [0.5, 0.6) is 5.75 Å². The number of aryl methyl sites for hydroxylation is 2. The molecule has 1 atom stereocenters. The molecule has 0 aromatic heterocycles. The van der Waals surface area contributed by atoms with E-state index in [2.05, 4.69) is 60.8 Å². The van der Waals surface area contributed by atoms with Crippen molar-refractivity contribution >= 4 is 12.1 Å². The number of hydrogen-bond donors (Lipinski definition) is 2. The van der Waals surface area contributed by atoms with Gasteiger partial charge in [0, 0.05) is 11.0 Å². The second-order valence-corrected chi connectivity index (χ2v) is 7.76. The first-order valence-corrected chi connectivity index (χ1v) is 9.76. The number of benzene rings is 3. The van der Waals surface area contributed by atoms with Crippen molar-refractivity contribution in [3.63, 3.8) is 0 Å². The Morgan fingerprint density at radius 3 is 2.21 bits per heavy atom. The van der Waals surface area contributed by atoms with Crippen molar-refractivity contribution in [2.75, 3.05) is 0 Å². The van der Waals surface area contributed by atoms with Crippen molar-refractivity contribution in [1.29, 1.82) is 0 Å². The lowest BCUT2D eigenvalue weighted by Crippen LogP contribution is -2.25. The van der Waals surface area contributed by atoms with Crippen LogP contribution in [-0.2, 0) is 10.2 Å². The molecule has 0 spiro atoms. The zero-order valence-corrected chi connectivity index (χ0v) is 16.6. The number of phenolic OH excluding ortho intramolecular Hbond substituents is 1. The molecule has 0 unspecified atom stereocenters. The Bertz CT molecular complexity index is 1040. The van der Waals surface area contributed by atoms with E-state index in [0.29, 0.717) is 5.56 Å². The van der Waals surface area contributed by atoms with E-state index in [9.17, 15) is 9.90 Å². The summed E-state index contributed by atoms with van der Waals surface area (Å²) < 4.78 is 0. The molecule has 0 radical (unpaired) electrons. The molecule has 4 heteroatoms. The quantitative estimate of drug-likeness (QED) is 0.504. The number of amides is 1. The van der Waals surface area contributed by atoms with Gasteiger partial charge in [-0.05, 0) is 43.5 Å². The lowest BCUT2D eigenvalue weighted by atomic mass is 9.84. The lowest BCUT2D eigenvalue weighted by molar-refractivity contribution is -0.122. The molecule has 1 saturated carbocycles. The van der Waals surface area contributed by atoms with Gasteiger partial charge in [-0.3, -0.25) is 4.79 Å². The molecule has 0 saturated heterocycles. The molecule has 29 heavy (non-hydrogen) atoms. The van der Waals surface area contributed by atoms with Crippen LogP contribution in [0.15, 0.2) is 77.9 Å². The topological polar surface area (TPSA) is 61.7 Å². The Morgan fingerprint density at radius 2 is 1.62 bits per heavy atom. The highest BCUT2D eigenvalue weighted by Gasteiger charge is 2.60. The second kappa shape index (κ2) is 7.55. The van der Waals surface area contributed by atoms with Gasteiger partial charge in [0.05, 0.1) is 12.1 Å². The van der Waals surface area contributed by atoms with Gasteiger partial charge in [0.1, 0.15) is 5.75 Å². The fourth-order valence-electron chi connectivity index (χ4n) is 4.07. The van der Waals surface area contributed by atoms with Gasteiger partial charge in [-0.1, -0.05) is 71.8 Å². The molecular weight excluding hydrogens is 360 g/mol. The first-order chi connectivity index (χ1) is 14.0. The summed E-state index contributed by atoms with van der Waals surface area (Å²) in [6, 6.07) is 23.7. The second-order valence-electron chi connectivity index (χ2n) is 7.76. The summed E-state index contributed by atoms with van der Waals surface area (Å²) in [7, 11) is 0. The first-order valence-electron chi connectivity index (χ1n) is 9.76. The van der Waals surface area contributed by atoms with Gasteiger partial charge in [0.25, 0.3) is 0 Å². The predicted octanol–water partition coefficient (Wildman–Crippen LogP) is 4.47. The summed E-state index contributed by atoms with van der Waals surface area (Å²) in [4.78, 5) is 12.9. The number of carbonyl (C=O) groups excluding carboxylic acids is 1. The number of rotatable bonds is 5. The van der Waals surface area contributed by atoms with Crippen LogP contribution in [0.25, 0.3) is 0 Å². The van der Waals surface area contributed by atoms with Gasteiger partial charge in [-0.2, -0.15) is 5.10 Å². The maximum absolute atomic E-state index is 12.9. The predicted molar refractivity (Wildman–Crippen MR) is 115 cm³/mol. The molecule has 3 aromatic rings. The fraction of sp³-hybridized carbons (Fsp3) is 0.200. The molecule has 4 rings (SSSR count). The number of nitrogens with one attached hydrogen (secondary N) is 1. The van der Waals surface area contributed by atoms with Crippen LogP contribution in [0, 0.1) is 19.8 Å². The van der Waals surface area contributed by atoms with Crippen molar-refractivity contribution in [1.82, 2.24) is 5.43 Å². The largest absolute Gasteiger partial charge is 0.507 e. The fourth-order valence-corrected chi connectivity index (χ4v) is 4.07. The van der Waals surface area contributed by atoms with E-state index in [1.165, 1.54) is 17.3 Å². The van der Waals surface area contributed by atoms with Gasteiger partial charge < -0.3 is 5.11 Å². The van der Waals surface area contributed by atoms with E-state index in [0.717, 1.165) is 17.5 Å². The van der Waals surface area contributed by atoms with Crippen molar-refractivity contribution in [3.05, 3.63) is 101 Å². The van der Waals surface area contributed by atoms with Crippen LogP contribution in [-0.4, -0.2) is 17.2 Å². The van der Waals surface area contributed by atoms with E-state index >= 15 is 0 Å². The van der Waals surface area contributed by atoms with Crippen molar-refractivity contribution in [2.45, 2.75) is 25.7 Å². The number of para-hydroxylation sites is 1. The Hall–Kier alpha value is -3.40. The highest BCUT2D eigenvalue weighted by molar-refractivity contribution is 5.88. The Kier molecular flexibility index (Phi) is 4.93. The minimum absolute atomic E-state index is 0.111. The van der Waals surface area contributed by atoms with Crippen LogP contribution in [0.3, 0.4) is 0 Å². The molecule has 1 fully saturated rings. The third-order valence-electron chi connectivity index (χ3n) is 5.66. The third-order valence-corrected chi connectivity index (χ3v) is 5.66. The summed E-state index contributed by atoms with van der Waals surface area (Å²) in [6.07, 6.45) is 2.22. The molecule has 1 amide bonds. The molecule has 1 aliphatic carbocycles. The monoisotopic (exact) mass is 384 g/mol. The van der Waals surface area contributed by atoms with Gasteiger partial charge in [-0.25, -0.2) is 5.43 Å². The number of hydrogen-bond acceptors (Lipinski definition) is 3. The van der Waals surface area contributed by atoms with E-state index in [-0.39, 0.29) is 23.0 Å². The molecule has 0 aliphatic heterocycles.